The van der Waals surface area contributed by atoms with Crippen molar-refractivity contribution in [1.82, 2.24) is 24.9 Å². The zero-order valence-electron chi connectivity index (χ0n) is 14.2. The molecule has 2 heterocycles. The van der Waals surface area contributed by atoms with Crippen molar-refractivity contribution in [3.63, 3.8) is 0 Å². The standard InChI is InChI=1S/C18H21N5O/c1-13-7-4-5-8-14(13)12-18(2,3)21-16(24)11-15-20-17-19-9-6-10-23(17)22-15/h4-10H,11-12H2,1-3H3,(H,21,24). The van der Waals surface area contributed by atoms with Crippen LogP contribution in [0.3, 0.4) is 0 Å². The van der Waals surface area contributed by atoms with E-state index >= 15 is 0 Å². The maximum atomic E-state index is 12.4. The van der Waals surface area contributed by atoms with Crippen LogP contribution in [0.25, 0.3) is 5.78 Å². The third-order valence-electron chi connectivity index (χ3n) is 3.85. The van der Waals surface area contributed by atoms with Crippen molar-refractivity contribution in [2.24, 2.45) is 0 Å². The number of hydrogen-bond acceptors (Lipinski definition) is 4. The number of aromatic nitrogens is 4. The highest BCUT2D eigenvalue weighted by atomic mass is 16.1. The van der Waals surface area contributed by atoms with Crippen molar-refractivity contribution in [2.45, 2.75) is 39.2 Å². The van der Waals surface area contributed by atoms with Crippen LogP contribution in [-0.2, 0) is 17.6 Å². The van der Waals surface area contributed by atoms with Gasteiger partial charge in [-0.05, 0) is 44.4 Å². The number of hydrogen-bond donors (Lipinski definition) is 1. The molecule has 6 heteroatoms. The molecule has 0 spiro atoms. The van der Waals surface area contributed by atoms with E-state index in [4.69, 9.17) is 0 Å². The molecule has 1 N–H and O–H groups in total. The lowest BCUT2D eigenvalue weighted by atomic mass is 9.92. The maximum absolute atomic E-state index is 12.4. The molecule has 0 bridgehead atoms. The van der Waals surface area contributed by atoms with E-state index in [0.29, 0.717) is 11.6 Å². The van der Waals surface area contributed by atoms with Gasteiger partial charge in [-0.3, -0.25) is 4.79 Å². The van der Waals surface area contributed by atoms with Gasteiger partial charge in [0.1, 0.15) is 0 Å². The van der Waals surface area contributed by atoms with Gasteiger partial charge in [0.2, 0.25) is 5.91 Å². The van der Waals surface area contributed by atoms with E-state index in [1.54, 1.807) is 23.0 Å². The van der Waals surface area contributed by atoms with E-state index in [0.717, 1.165) is 6.42 Å². The van der Waals surface area contributed by atoms with Gasteiger partial charge in [0, 0.05) is 17.9 Å². The number of carbonyl (C=O) groups is 1. The summed E-state index contributed by atoms with van der Waals surface area (Å²) in [5.41, 5.74) is 2.12. The minimum Gasteiger partial charge on any atom is -0.351 e. The first kappa shape index (κ1) is 16.1. The molecule has 2 aromatic heterocycles. The van der Waals surface area contributed by atoms with Gasteiger partial charge in [-0.15, -0.1) is 5.10 Å². The first-order valence-electron chi connectivity index (χ1n) is 7.95. The molecule has 1 amide bonds. The summed E-state index contributed by atoms with van der Waals surface area (Å²) < 4.78 is 1.57. The Morgan fingerprint density at radius 1 is 1.25 bits per heavy atom. The first-order chi connectivity index (χ1) is 11.4. The molecule has 124 valence electrons. The topological polar surface area (TPSA) is 72.2 Å². The van der Waals surface area contributed by atoms with Crippen LogP contribution in [-0.4, -0.2) is 31.0 Å². The Kier molecular flexibility index (Phi) is 4.29. The number of amides is 1. The summed E-state index contributed by atoms with van der Waals surface area (Å²) in [4.78, 5) is 20.7. The van der Waals surface area contributed by atoms with Crippen LogP contribution >= 0.6 is 0 Å². The molecular weight excluding hydrogens is 302 g/mol. The highest BCUT2D eigenvalue weighted by Gasteiger charge is 2.22. The second-order valence-electron chi connectivity index (χ2n) is 6.60. The molecule has 0 atom stereocenters. The molecule has 0 fully saturated rings. The van der Waals surface area contributed by atoms with Crippen molar-refractivity contribution in [3.05, 3.63) is 59.7 Å². The van der Waals surface area contributed by atoms with E-state index in [-0.39, 0.29) is 17.9 Å². The van der Waals surface area contributed by atoms with Gasteiger partial charge in [-0.25, -0.2) is 9.50 Å². The summed E-state index contributed by atoms with van der Waals surface area (Å²) in [5, 5.41) is 7.34. The minimum atomic E-state index is -0.347. The van der Waals surface area contributed by atoms with Crippen LogP contribution in [0.15, 0.2) is 42.7 Å². The Labute approximate surface area is 141 Å². The van der Waals surface area contributed by atoms with Gasteiger partial charge >= 0.3 is 0 Å². The van der Waals surface area contributed by atoms with E-state index in [1.807, 2.05) is 26.0 Å². The third-order valence-corrected chi connectivity index (χ3v) is 3.85. The smallest absolute Gasteiger partial charge is 0.252 e. The number of aryl methyl sites for hydroxylation is 1. The summed E-state index contributed by atoms with van der Waals surface area (Å²) >= 11 is 0. The lowest BCUT2D eigenvalue weighted by Gasteiger charge is -2.27. The minimum absolute atomic E-state index is 0.0931. The average Bonchev–Trinajstić information content (AvgIpc) is 2.90. The van der Waals surface area contributed by atoms with Crippen molar-refractivity contribution in [2.75, 3.05) is 0 Å². The number of fused-ring (bicyclic) bond motifs is 1. The van der Waals surface area contributed by atoms with Gasteiger partial charge in [0.15, 0.2) is 5.82 Å². The van der Waals surface area contributed by atoms with Gasteiger partial charge in [-0.1, -0.05) is 24.3 Å². The lowest BCUT2D eigenvalue weighted by molar-refractivity contribution is -0.122. The van der Waals surface area contributed by atoms with E-state index in [9.17, 15) is 4.79 Å². The number of benzene rings is 1. The fraction of sp³-hybridized carbons (Fsp3) is 0.333. The van der Waals surface area contributed by atoms with Gasteiger partial charge in [0.25, 0.3) is 5.78 Å². The zero-order valence-corrected chi connectivity index (χ0v) is 14.2. The lowest BCUT2D eigenvalue weighted by Crippen LogP contribution is -2.46. The molecule has 0 unspecified atom stereocenters. The zero-order chi connectivity index (χ0) is 17.2. The summed E-state index contributed by atoms with van der Waals surface area (Å²) in [6, 6.07) is 10.00. The Morgan fingerprint density at radius 2 is 2.04 bits per heavy atom. The summed E-state index contributed by atoms with van der Waals surface area (Å²) in [6.45, 7) is 6.13. The molecule has 0 aliphatic carbocycles. The number of nitrogens with zero attached hydrogens (tertiary/aromatic N) is 4. The molecular formula is C18H21N5O. The molecule has 3 aromatic rings. The molecule has 3 rings (SSSR count). The molecule has 0 saturated carbocycles. The van der Waals surface area contributed by atoms with Crippen LogP contribution in [0.4, 0.5) is 0 Å². The van der Waals surface area contributed by atoms with Gasteiger partial charge in [-0.2, -0.15) is 4.98 Å². The monoisotopic (exact) mass is 323 g/mol. The highest BCUT2D eigenvalue weighted by molar-refractivity contribution is 5.78. The Bertz CT molecular complexity index is 835. The largest absolute Gasteiger partial charge is 0.351 e. The Morgan fingerprint density at radius 3 is 2.79 bits per heavy atom. The summed E-state index contributed by atoms with van der Waals surface area (Å²) in [6.07, 6.45) is 4.32. The second-order valence-corrected chi connectivity index (χ2v) is 6.60. The fourth-order valence-electron chi connectivity index (χ4n) is 2.74. The number of rotatable bonds is 5. The van der Waals surface area contributed by atoms with Crippen molar-refractivity contribution in [3.8, 4) is 0 Å². The molecule has 0 aliphatic heterocycles. The van der Waals surface area contributed by atoms with Crippen LogP contribution in [0.1, 0.15) is 30.8 Å². The van der Waals surface area contributed by atoms with Gasteiger partial charge in [0.05, 0.1) is 6.42 Å². The molecule has 0 radical (unpaired) electrons. The predicted octanol–water partition coefficient (Wildman–Crippen LogP) is 2.11. The normalized spacial score (nSPS) is 11.6. The van der Waals surface area contributed by atoms with Crippen LogP contribution < -0.4 is 5.32 Å². The number of carbonyl (C=O) groups excluding carboxylic acids is 1. The maximum Gasteiger partial charge on any atom is 0.252 e. The molecule has 6 nitrogen and oxygen atoms in total. The Balaban J connectivity index is 1.65. The average molecular weight is 323 g/mol. The molecule has 24 heavy (non-hydrogen) atoms. The Hall–Kier alpha value is -2.76. The molecule has 1 aromatic carbocycles. The third kappa shape index (κ3) is 3.76. The quantitative estimate of drug-likeness (QED) is 0.780. The molecule has 0 saturated heterocycles. The summed E-state index contributed by atoms with van der Waals surface area (Å²) in [7, 11) is 0. The van der Waals surface area contributed by atoms with Gasteiger partial charge < -0.3 is 5.32 Å². The van der Waals surface area contributed by atoms with Crippen LogP contribution in [0.5, 0.6) is 0 Å². The summed E-state index contributed by atoms with van der Waals surface area (Å²) in [5.74, 6) is 0.877. The fourth-order valence-corrected chi connectivity index (χ4v) is 2.74. The van der Waals surface area contributed by atoms with Crippen LogP contribution in [0.2, 0.25) is 0 Å². The van der Waals surface area contributed by atoms with E-state index in [2.05, 4.69) is 39.4 Å². The highest BCUT2D eigenvalue weighted by Crippen LogP contribution is 2.16. The SMILES string of the molecule is Cc1ccccc1CC(C)(C)NC(=O)Cc1nc2ncccn2n1. The van der Waals surface area contributed by atoms with E-state index < -0.39 is 0 Å². The van der Waals surface area contributed by atoms with Crippen molar-refractivity contribution < 1.29 is 4.79 Å². The second kappa shape index (κ2) is 6.39. The van der Waals surface area contributed by atoms with Crippen molar-refractivity contribution in [1.29, 1.82) is 0 Å². The number of nitrogens with one attached hydrogen (secondary N) is 1. The molecule has 0 aliphatic rings. The first-order valence-corrected chi connectivity index (χ1v) is 7.95. The van der Waals surface area contributed by atoms with Crippen LogP contribution in [0, 0.1) is 6.92 Å². The predicted molar refractivity (Wildman–Crippen MR) is 91.6 cm³/mol. The van der Waals surface area contributed by atoms with E-state index in [1.165, 1.54) is 11.1 Å². The van der Waals surface area contributed by atoms with Crippen molar-refractivity contribution >= 4 is 11.7 Å².